The van der Waals surface area contributed by atoms with Crippen molar-refractivity contribution >= 4 is 51.4 Å². The Morgan fingerprint density at radius 2 is 1.49 bits per heavy atom. The lowest BCUT2D eigenvalue weighted by molar-refractivity contribution is 0.548. The minimum absolute atomic E-state index is 0.0196. The number of aromatic nitrogens is 2. The van der Waals surface area contributed by atoms with Gasteiger partial charge in [-0.3, -0.25) is 0 Å². The van der Waals surface area contributed by atoms with Crippen molar-refractivity contribution in [1.82, 2.24) is 9.13 Å². The Kier molecular flexibility index (Phi) is 11.8. The number of fused-ring (bicyclic) bond motifs is 2. The largest absolute Gasteiger partial charge is 0.317 e. The molecule has 0 N–H and O–H groups in total. The molecule has 2 heterocycles. The van der Waals surface area contributed by atoms with E-state index in [2.05, 4.69) is 161 Å². The average molecular weight is 595 g/mol. The Balaban J connectivity index is 0.000000279. The van der Waals surface area contributed by atoms with E-state index in [0.29, 0.717) is 0 Å². The molecular formula is C43H50N2. The second-order valence-corrected chi connectivity index (χ2v) is 11.2. The van der Waals surface area contributed by atoms with Crippen molar-refractivity contribution in [3.8, 4) is 5.69 Å². The van der Waals surface area contributed by atoms with Crippen molar-refractivity contribution < 1.29 is 0 Å². The fraction of sp³-hybridized carbons (Fsp3) is 0.209. The zero-order valence-corrected chi connectivity index (χ0v) is 28.6. The summed E-state index contributed by atoms with van der Waals surface area (Å²) in [5.74, 6) is 0. The summed E-state index contributed by atoms with van der Waals surface area (Å²) in [7, 11) is 0. The molecule has 0 atom stereocenters. The van der Waals surface area contributed by atoms with Gasteiger partial charge in [0.1, 0.15) is 0 Å². The zero-order valence-electron chi connectivity index (χ0n) is 28.6. The maximum Gasteiger partial charge on any atom is 0.0608 e. The summed E-state index contributed by atoms with van der Waals surface area (Å²) in [4.78, 5) is 0. The van der Waals surface area contributed by atoms with Crippen LogP contribution in [0.2, 0.25) is 0 Å². The first-order valence-electron chi connectivity index (χ1n) is 15.9. The first-order valence-corrected chi connectivity index (χ1v) is 15.9. The highest BCUT2D eigenvalue weighted by Gasteiger charge is 2.24. The Morgan fingerprint density at radius 3 is 2.04 bits per heavy atom. The molecule has 232 valence electrons. The SMILES string of the molecule is C=CC(C=C)=C(C=C)C(C)(C)/C(C)=C/C.C=c1c2c(/C=C\C)ccc3c2c(cc2ccn(-c4ccccc4)c23)n1/C=C/C.CC. The molecule has 0 radical (unpaired) electrons. The molecule has 0 aliphatic heterocycles. The molecule has 0 saturated carbocycles. The number of hydrogen-bond acceptors (Lipinski definition) is 0. The van der Waals surface area contributed by atoms with Crippen LogP contribution in [0.15, 0.2) is 134 Å². The Labute approximate surface area is 271 Å². The summed E-state index contributed by atoms with van der Waals surface area (Å²) >= 11 is 0. The second kappa shape index (κ2) is 15.3. The lowest BCUT2D eigenvalue weighted by atomic mass is 9.75. The van der Waals surface area contributed by atoms with Gasteiger partial charge in [-0.05, 0) is 68.7 Å². The summed E-state index contributed by atoms with van der Waals surface area (Å²) in [5.41, 5.74) is 8.36. The van der Waals surface area contributed by atoms with E-state index in [0.717, 1.165) is 10.9 Å². The van der Waals surface area contributed by atoms with Gasteiger partial charge < -0.3 is 9.13 Å². The molecule has 0 amide bonds. The number of allylic oxidation sites excluding steroid dienone is 9. The van der Waals surface area contributed by atoms with Gasteiger partial charge in [-0.15, -0.1) is 0 Å². The molecule has 3 aromatic carbocycles. The summed E-state index contributed by atoms with van der Waals surface area (Å²) in [6.07, 6.45) is 18.3. The van der Waals surface area contributed by atoms with E-state index < -0.39 is 0 Å². The average Bonchev–Trinajstić information content (AvgIpc) is 3.62. The zero-order chi connectivity index (χ0) is 33.3. The van der Waals surface area contributed by atoms with Crippen LogP contribution >= 0.6 is 0 Å². The molecule has 5 aromatic rings. The molecule has 0 saturated heterocycles. The molecule has 0 unspecified atom stereocenters. The highest BCUT2D eigenvalue weighted by Crippen LogP contribution is 2.38. The van der Waals surface area contributed by atoms with Crippen LogP contribution in [0, 0.1) is 5.41 Å². The van der Waals surface area contributed by atoms with Crippen LogP contribution in [0.4, 0.5) is 0 Å². The number of rotatable bonds is 8. The number of hydrogen-bond donors (Lipinski definition) is 0. The van der Waals surface area contributed by atoms with E-state index in [1.807, 2.05) is 39.0 Å². The Bertz CT molecular complexity index is 1970. The maximum atomic E-state index is 4.43. The van der Waals surface area contributed by atoms with E-state index in [-0.39, 0.29) is 5.41 Å². The normalized spacial score (nSPS) is 11.9. The van der Waals surface area contributed by atoms with Crippen LogP contribution in [-0.4, -0.2) is 9.13 Å². The monoisotopic (exact) mass is 594 g/mol. The fourth-order valence-corrected chi connectivity index (χ4v) is 5.97. The van der Waals surface area contributed by atoms with Crippen LogP contribution < -0.4 is 5.35 Å². The lowest BCUT2D eigenvalue weighted by Gasteiger charge is -2.29. The van der Waals surface area contributed by atoms with E-state index in [4.69, 9.17) is 0 Å². The standard InChI is InChI=1S/C26H22N2.C15H22.C2H6/c1-4-9-19-12-13-22-25-23(27(15-5-2)18(3)24(19)25)17-20-14-16-28(26(20)22)21-10-7-6-8-11-21;1-8-12(5)15(6,7)14(11-4)13(9-2)10-3;1-2/h4-17H,3H2,1-2H3;8-11H,2-4H2,1,5-7H3;1-2H3/b9-4-,15-5+;12-8+;. The molecule has 0 aliphatic rings. The van der Waals surface area contributed by atoms with E-state index in [1.165, 1.54) is 55.0 Å². The topological polar surface area (TPSA) is 9.86 Å². The molecule has 0 aliphatic carbocycles. The van der Waals surface area contributed by atoms with Crippen molar-refractivity contribution in [1.29, 1.82) is 0 Å². The van der Waals surface area contributed by atoms with Gasteiger partial charge in [-0.1, -0.05) is 132 Å². The van der Waals surface area contributed by atoms with Gasteiger partial charge >= 0.3 is 0 Å². The van der Waals surface area contributed by atoms with Crippen LogP contribution in [-0.2, 0) is 0 Å². The first kappa shape index (κ1) is 34.7. The summed E-state index contributed by atoms with van der Waals surface area (Å²) < 4.78 is 4.50. The smallest absolute Gasteiger partial charge is 0.0608 e. The van der Waals surface area contributed by atoms with Gasteiger partial charge in [0.25, 0.3) is 0 Å². The van der Waals surface area contributed by atoms with Gasteiger partial charge in [0.05, 0.1) is 11.0 Å². The summed E-state index contributed by atoms with van der Waals surface area (Å²) in [5, 5.41) is 6.04. The highest BCUT2D eigenvalue weighted by molar-refractivity contribution is 6.22. The summed E-state index contributed by atoms with van der Waals surface area (Å²) in [6, 6.07) is 19.5. The van der Waals surface area contributed by atoms with Crippen molar-refractivity contribution in [3.63, 3.8) is 0 Å². The number of nitrogens with zero attached hydrogens (tertiary/aromatic N) is 2. The highest BCUT2D eigenvalue weighted by atomic mass is 15.0. The van der Waals surface area contributed by atoms with Gasteiger partial charge in [-0.25, -0.2) is 0 Å². The molecule has 2 heteroatoms. The van der Waals surface area contributed by atoms with Crippen LogP contribution in [0.5, 0.6) is 0 Å². The molecule has 45 heavy (non-hydrogen) atoms. The van der Waals surface area contributed by atoms with Gasteiger partial charge in [0.2, 0.25) is 0 Å². The van der Waals surface area contributed by atoms with E-state index >= 15 is 0 Å². The molecule has 0 bridgehead atoms. The van der Waals surface area contributed by atoms with Crippen molar-refractivity contribution in [2.45, 2.75) is 55.4 Å². The quantitative estimate of drug-likeness (QED) is 0.125. The number of benzene rings is 3. The molecular weight excluding hydrogens is 544 g/mol. The predicted octanol–water partition coefficient (Wildman–Crippen LogP) is 12.3. The maximum absolute atomic E-state index is 4.43. The predicted molar refractivity (Wildman–Crippen MR) is 205 cm³/mol. The third-order valence-corrected chi connectivity index (χ3v) is 8.52. The van der Waals surface area contributed by atoms with Gasteiger partial charge in [0.15, 0.2) is 0 Å². The van der Waals surface area contributed by atoms with E-state index in [1.54, 1.807) is 0 Å². The summed E-state index contributed by atoms with van der Waals surface area (Å²) in [6.45, 7) is 32.6. The second-order valence-electron chi connectivity index (χ2n) is 11.2. The Hall–Kier alpha value is -4.82. The van der Waals surface area contributed by atoms with Crippen LogP contribution in [0.3, 0.4) is 0 Å². The minimum atomic E-state index is -0.0196. The van der Waals surface area contributed by atoms with Crippen molar-refractivity contribution in [2.24, 2.45) is 5.41 Å². The first-order chi connectivity index (χ1) is 21.7. The fourth-order valence-electron chi connectivity index (χ4n) is 5.97. The molecule has 0 spiro atoms. The lowest BCUT2D eigenvalue weighted by Crippen LogP contribution is -2.16. The van der Waals surface area contributed by atoms with Crippen molar-refractivity contribution in [3.05, 3.63) is 145 Å². The van der Waals surface area contributed by atoms with Gasteiger partial charge in [-0.2, -0.15) is 0 Å². The number of para-hydroxylation sites is 1. The molecule has 0 fully saturated rings. The third kappa shape index (κ3) is 6.51. The third-order valence-electron chi connectivity index (χ3n) is 8.52. The van der Waals surface area contributed by atoms with Crippen LogP contribution in [0.1, 0.15) is 61.0 Å². The minimum Gasteiger partial charge on any atom is -0.317 e. The Morgan fingerprint density at radius 1 is 0.822 bits per heavy atom. The van der Waals surface area contributed by atoms with Crippen LogP contribution in [0.25, 0.3) is 57.1 Å². The van der Waals surface area contributed by atoms with Gasteiger partial charge in [0, 0.05) is 50.4 Å². The molecule has 2 nitrogen and oxygen atoms in total. The molecule has 5 rings (SSSR count). The van der Waals surface area contributed by atoms with E-state index in [9.17, 15) is 0 Å². The molecule has 2 aromatic heterocycles. The van der Waals surface area contributed by atoms with Crippen molar-refractivity contribution in [2.75, 3.05) is 0 Å².